The lowest BCUT2D eigenvalue weighted by molar-refractivity contribution is 0.576. The Morgan fingerprint density at radius 2 is 1.15 bits per heavy atom. The largest absolute Gasteiger partial charge is 0.227 e. The Labute approximate surface area is 78.8 Å². The predicted octanol–water partition coefficient (Wildman–Crippen LogP) is -1.18. The highest BCUT2D eigenvalue weighted by atomic mass is 32.3. The van der Waals surface area contributed by atoms with Gasteiger partial charge >= 0.3 is 0 Å². The molecule has 80 valence electrons. The molecule has 6 nitrogen and oxygen atoms in total. The zero-order valence-corrected chi connectivity index (χ0v) is 9.20. The van der Waals surface area contributed by atoms with Gasteiger partial charge in [0.05, 0.1) is 0 Å². The van der Waals surface area contributed by atoms with Crippen molar-refractivity contribution in [1.29, 1.82) is 0 Å². The van der Waals surface area contributed by atoms with Gasteiger partial charge in [0.1, 0.15) is 0 Å². The summed E-state index contributed by atoms with van der Waals surface area (Å²) in [5.74, 6) is 0. The Hall–Kier alpha value is -0.180. The molecule has 0 aliphatic carbocycles. The third-order valence-electron chi connectivity index (χ3n) is 1.04. The number of rotatable bonds is 6. The van der Waals surface area contributed by atoms with E-state index in [-0.39, 0.29) is 13.1 Å². The molecule has 0 aromatic rings. The Morgan fingerprint density at radius 1 is 0.846 bits per heavy atom. The first-order valence-corrected chi connectivity index (χ1v) is 7.08. The Bertz CT molecular complexity index is 298. The highest BCUT2D eigenvalue weighted by molar-refractivity contribution is 8.06. The third-order valence-corrected chi connectivity index (χ3v) is 4.98. The molecule has 0 heterocycles. The monoisotopic (exact) mass is 230 g/mol. The maximum Gasteiger partial charge on any atom is 0.227 e. The summed E-state index contributed by atoms with van der Waals surface area (Å²) in [5.41, 5.74) is 0. The van der Waals surface area contributed by atoms with Crippen molar-refractivity contribution in [3.63, 3.8) is 0 Å². The molecule has 0 rings (SSSR count). The topological polar surface area (TPSA) is 92.3 Å². The van der Waals surface area contributed by atoms with Crippen molar-refractivity contribution in [3.05, 3.63) is 0 Å². The lowest BCUT2D eigenvalue weighted by atomic mass is 10.8. The molecule has 0 bridgehead atoms. The average Bonchev–Trinajstić information content (AvgIpc) is 1.82. The van der Waals surface area contributed by atoms with E-state index in [4.69, 9.17) is 0 Å². The first-order chi connectivity index (χ1) is 5.83. The van der Waals surface area contributed by atoms with Crippen LogP contribution in [-0.2, 0) is 20.0 Å². The molecule has 0 spiro atoms. The van der Waals surface area contributed by atoms with Gasteiger partial charge in [-0.15, -0.1) is 0 Å². The van der Waals surface area contributed by atoms with Gasteiger partial charge in [-0.05, 0) is 0 Å². The van der Waals surface area contributed by atoms with Crippen molar-refractivity contribution >= 4 is 20.0 Å². The van der Waals surface area contributed by atoms with E-state index in [0.29, 0.717) is 0 Å². The van der Waals surface area contributed by atoms with Gasteiger partial charge in [-0.1, -0.05) is 13.8 Å². The molecule has 13 heavy (non-hydrogen) atoms. The SMILES string of the molecule is CCNS(=O)(=O)CS(=O)(=O)NCC. The Morgan fingerprint density at radius 3 is 1.38 bits per heavy atom. The maximum absolute atomic E-state index is 11.0. The Kier molecular flexibility index (Phi) is 4.82. The van der Waals surface area contributed by atoms with Crippen LogP contribution in [0.15, 0.2) is 0 Å². The molecule has 0 fully saturated rings. The molecule has 0 saturated carbocycles. The van der Waals surface area contributed by atoms with Gasteiger partial charge in [-0.2, -0.15) is 0 Å². The van der Waals surface area contributed by atoms with Crippen LogP contribution in [0.2, 0.25) is 0 Å². The smallest absolute Gasteiger partial charge is 0.215 e. The lowest BCUT2D eigenvalue weighted by Crippen LogP contribution is -2.35. The van der Waals surface area contributed by atoms with E-state index in [0.717, 1.165) is 0 Å². The lowest BCUT2D eigenvalue weighted by Gasteiger charge is -2.05. The summed E-state index contributed by atoms with van der Waals surface area (Å²) >= 11 is 0. The minimum absolute atomic E-state index is 0.185. The fourth-order valence-electron chi connectivity index (χ4n) is 0.727. The zero-order valence-electron chi connectivity index (χ0n) is 7.57. The maximum atomic E-state index is 11.0. The number of nitrogens with one attached hydrogen (secondary N) is 2. The first-order valence-electron chi connectivity index (χ1n) is 3.77. The van der Waals surface area contributed by atoms with E-state index in [1.165, 1.54) is 0 Å². The van der Waals surface area contributed by atoms with Crippen molar-refractivity contribution in [3.8, 4) is 0 Å². The minimum Gasteiger partial charge on any atom is -0.215 e. The van der Waals surface area contributed by atoms with Crippen LogP contribution in [0.4, 0.5) is 0 Å². The molecular weight excluding hydrogens is 216 g/mol. The standard InChI is InChI=1S/C5H14N2O4S2/c1-3-6-12(8,9)5-13(10,11)7-4-2/h6-7H,3-5H2,1-2H3. The minimum atomic E-state index is -3.71. The van der Waals surface area contributed by atoms with Crippen LogP contribution in [0.25, 0.3) is 0 Å². The molecule has 0 atom stereocenters. The van der Waals surface area contributed by atoms with Gasteiger partial charge < -0.3 is 0 Å². The van der Waals surface area contributed by atoms with Gasteiger partial charge in [0.25, 0.3) is 0 Å². The average molecular weight is 230 g/mol. The number of hydrogen-bond acceptors (Lipinski definition) is 4. The fraction of sp³-hybridized carbons (Fsp3) is 1.00. The van der Waals surface area contributed by atoms with Crippen molar-refractivity contribution in [1.82, 2.24) is 9.44 Å². The summed E-state index contributed by atoms with van der Waals surface area (Å²) in [6.45, 7) is 3.53. The van der Waals surface area contributed by atoms with Crippen molar-refractivity contribution < 1.29 is 16.8 Å². The molecule has 0 aliphatic heterocycles. The molecule has 0 aliphatic rings. The molecule has 0 radical (unpaired) electrons. The summed E-state index contributed by atoms with van der Waals surface area (Å²) in [6, 6.07) is 0. The summed E-state index contributed by atoms with van der Waals surface area (Å²) in [7, 11) is -7.42. The van der Waals surface area contributed by atoms with Crippen LogP contribution in [0.3, 0.4) is 0 Å². The van der Waals surface area contributed by atoms with Crippen molar-refractivity contribution in [2.45, 2.75) is 13.8 Å². The molecule has 0 aromatic carbocycles. The fourth-order valence-corrected chi connectivity index (χ4v) is 3.91. The van der Waals surface area contributed by atoms with Crippen LogP contribution >= 0.6 is 0 Å². The van der Waals surface area contributed by atoms with E-state index in [1.54, 1.807) is 13.8 Å². The van der Waals surface area contributed by atoms with E-state index >= 15 is 0 Å². The van der Waals surface area contributed by atoms with Gasteiger partial charge in [0.15, 0.2) is 5.08 Å². The van der Waals surface area contributed by atoms with Crippen LogP contribution < -0.4 is 9.44 Å². The molecule has 0 unspecified atom stereocenters. The van der Waals surface area contributed by atoms with Gasteiger partial charge in [0, 0.05) is 13.1 Å². The highest BCUT2D eigenvalue weighted by Gasteiger charge is 2.19. The number of sulfonamides is 2. The summed E-state index contributed by atoms with van der Waals surface area (Å²) < 4.78 is 48.1. The van der Waals surface area contributed by atoms with Gasteiger partial charge in [-0.25, -0.2) is 26.3 Å². The first kappa shape index (κ1) is 12.8. The van der Waals surface area contributed by atoms with Crippen LogP contribution in [0.1, 0.15) is 13.8 Å². The summed E-state index contributed by atoms with van der Waals surface area (Å²) in [5, 5.41) is -0.915. The van der Waals surface area contributed by atoms with E-state index < -0.39 is 25.1 Å². The van der Waals surface area contributed by atoms with Crippen LogP contribution in [-0.4, -0.2) is 35.0 Å². The summed E-state index contributed by atoms with van der Waals surface area (Å²) in [6.07, 6.45) is 0. The molecule has 2 N–H and O–H groups in total. The highest BCUT2D eigenvalue weighted by Crippen LogP contribution is 1.91. The van der Waals surface area contributed by atoms with Gasteiger partial charge in [0.2, 0.25) is 20.0 Å². The molecule has 0 saturated heterocycles. The second kappa shape index (κ2) is 4.89. The van der Waals surface area contributed by atoms with Crippen molar-refractivity contribution in [2.24, 2.45) is 0 Å². The molecule has 0 aromatic heterocycles. The number of hydrogen-bond donors (Lipinski definition) is 2. The zero-order chi connectivity index (χ0) is 10.5. The van der Waals surface area contributed by atoms with Gasteiger partial charge in [-0.3, -0.25) is 0 Å². The van der Waals surface area contributed by atoms with Crippen LogP contribution in [0.5, 0.6) is 0 Å². The van der Waals surface area contributed by atoms with E-state index in [2.05, 4.69) is 9.44 Å². The van der Waals surface area contributed by atoms with Crippen molar-refractivity contribution in [2.75, 3.05) is 18.2 Å². The normalized spacial score (nSPS) is 13.1. The quantitative estimate of drug-likeness (QED) is 0.601. The Balaban J connectivity index is 4.44. The molecule has 0 amide bonds. The van der Waals surface area contributed by atoms with Crippen LogP contribution in [0, 0.1) is 0 Å². The summed E-state index contributed by atoms with van der Waals surface area (Å²) in [4.78, 5) is 0. The predicted molar refractivity (Wildman–Crippen MR) is 50.1 cm³/mol. The second-order valence-electron chi connectivity index (χ2n) is 2.34. The second-order valence-corrected chi connectivity index (χ2v) is 6.32. The molecule has 8 heteroatoms. The molecular formula is C5H14N2O4S2. The van der Waals surface area contributed by atoms with E-state index in [1.807, 2.05) is 0 Å². The third kappa shape index (κ3) is 5.97. The van der Waals surface area contributed by atoms with E-state index in [9.17, 15) is 16.8 Å².